The van der Waals surface area contributed by atoms with Gasteiger partial charge in [-0.3, -0.25) is 4.79 Å². The highest BCUT2D eigenvalue weighted by Crippen LogP contribution is 2.09. The fourth-order valence-electron chi connectivity index (χ4n) is 1.33. The number of carboxylic acid groups (broad SMARTS) is 1. The standard InChI is InChI=1S/C13H10N2O4/c16-12(17)4-2-9-1-3-11(14-7-9)15-13(18)10-5-6-19-8-10/h1-8H,(H,16,17)(H,14,15,18)/b4-2+. The van der Waals surface area contributed by atoms with Crippen LogP contribution in [0.15, 0.2) is 47.4 Å². The van der Waals surface area contributed by atoms with E-state index in [1.54, 1.807) is 18.2 Å². The normalized spacial score (nSPS) is 10.5. The van der Waals surface area contributed by atoms with E-state index in [0.717, 1.165) is 6.08 Å². The van der Waals surface area contributed by atoms with Gasteiger partial charge in [-0.05, 0) is 29.8 Å². The third-order valence-corrected chi connectivity index (χ3v) is 2.23. The van der Waals surface area contributed by atoms with Gasteiger partial charge >= 0.3 is 5.97 Å². The number of furan rings is 1. The number of amides is 1. The van der Waals surface area contributed by atoms with Crippen LogP contribution in [0.2, 0.25) is 0 Å². The van der Waals surface area contributed by atoms with Crippen LogP contribution in [-0.2, 0) is 4.79 Å². The molecule has 1 amide bonds. The summed E-state index contributed by atoms with van der Waals surface area (Å²) in [5.74, 6) is -0.980. The number of anilines is 1. The molecule has 0 saturated heterocycles. The van der Waals surface area contributed by atoms with Gasteiger partial charge in [-0.1, -0.05) is 0 Å². The van der Waals surface area contributed by atoms with Crippen molar-refractivity contribution in [1.82, 2.24) is 4.98 Å². The Morgan fingerprint density at radius 3 is 2.74 bits per heavy atom. The summed E-state index contributed by atoms with van der Waals surface area (Å²) < 4.78 is 4.80. The van der Waals surface area contributed by atoms with E-state index in [-0.39, 0.29) is 5.91 Å². The Morgan fingerprint density at radius 2 is 2.16 bits per heavy atom. The van der Waals surface area contributed by atoms with Gasteiger partial charge in [-0.15, -0.1) is 0 Å². The third kappa shape index (κ3) is 3.53. The minimum atomic E-state index is -1.03. The maximum atomic E-state index is 11.7. The smallest absolute Gasteiger partial charge is 0.328 e. The molecule has 0 aliphatic rings. The molecule has 19 heavy (non-hydrogen) atoms. The van der Waals surface area contributed by atoms with E-state index in [1.165, 1.54) is 24.8 Å². The summed E-state index contributed by atoms with van der Waals surface area (Å²) in [7, 11) is 0. The van der Waals surface area contributed by atoms with E-state index in [9.17, 15) is 9.59 Å². The SMILES string of the molecule is O=C(O)/C=C/c1ccc(NC(=O)c2ccoc2)nc1. The molecule has 0 fully saturated rings. The Kier molecular flexibility index (Phi) is 3.72. The molecule has 0 aliphatic heterocycles. The molecule has 0 aromatic carbocycles. The van der Waals surface area contributed by atoms with Gasteiger partial charge in [-0.25, -0.2) is 9.78 Å². The number of pyridine rings is 1. The lowest BCUT2D eigenvalue weighted by atomic mass is 10.2. The van der Waals surface area contributed by atoms with E-state index in [1.807, 2.05) is 0 Å². The molecule has 2 aromatic rings. The van der Waals surface area contributed by atoms with E-state index in [0.29, 0.717) is 16.9 Å². The molecule has 0 bridgehead atoms. The van der Waals surface area contributed by atoms with Crippen LogP contribution in [0.5, 0.6) is 0 Å². The van der Waals surface area contributed by atoms with Crippen molar-refractivity contribution >= 4 is 23.8 Å². The van der Waals surface area contributed by atoms with Crippen molar-refractivity contribution in [2.75, 3.05) is 5.32 Å². The van der Waals surface area contributed by atoms with Gasteiger partial charge in [0.2, 0.25) is 0 Å². The highest BCUT2D eigenvalue weighted by Gasteiger charge is 2.07. The van der Waals surface area contributed by atoms with Gasteiger partial charge in [0.15, 0.2) is 0 Å². The number of rotatable bonds is 4. The number of carboxylic acids is 1. The summed E-state index contributed by atoms with van der Waals surface area (Å²) in [4.78, 5) is 26.0. The van der Waals surface area contributed by atoms with Crippen molar-refractivity contribution in [3.05, 3.63) is 54.1 Å². The summed E-state index contributed by atoms with van der Waals surface area (Å²) in [5.41, 5.74) is 1.03. The Bertz CT molecular complexity index is 600. The van der Waals surface area contributed by atoms with Crippen molar-refractivity contribution < 1.29 is 19.1 Å². The lowest BCUT2D eigenvalue weighted by molar-refractivity contribution is -0.131. The zero-order chi connectivity index (χ0) is 13.7. The molecule has 2 aromatic heterocycles. The molecule has 0 radical (unpaired) electrons. The summed E-state index contributed by atoms with van der Waals surface area (Å²) in [6.45, 7) is 0. The number of aliphatic carboxylic acids is 1. The van der Waals surface area contributed by atoms with Crippen molar-refractivity contribution in [3.63, 3.8) is 0 Å². The minimum Gasteiger partial charge on any atom is -0.478 e. The average Bonchev–Trinajstić information content (AvgIpc) is 2.92. The van der Waals surface area contributed by atoms with Crippen LogP contribution in [-0.4, -0.2) is 22.0 Å². The molecule has 2 N–H and O–H groups in total. The zero-order valence-corrected chi connectivity index (χ0v) is 9.74. The second-order valence-corrected chi connectivity index (χ2v) is 3.61. The van der Waals surface area contributed by atoms with Crippen LogP contribution in [0, 0.1) is 0 Å². The first-order valence-corrected chi connectivity index (χ1v) is 5.36. The van der Waals surface area contributed by atoms with Crippen LogP contribution < -0.4 is 5.32 Å². The van der Waals surface area contributed by atoms with E-state index >= 15 is 0 Å². The predicted molar refractivity (Wildman–Crippen MR) is 67.6 cm³/mol. The van der Waals surface area contributed by atoms with Crippen LogP contribution in [0.3, 0.4) is 0 Å². The van der Waals surface area contributed by atoms with Crippen molar-refractivity contribution in [1.29, 1.82) is 0 Å². The van der Waals surface area contributed by atoms with Crippen LogP contribution in [0.25, 0.3) is 6.08 Å². The minimum absolute atomic E-state index is 0.324. The first-order valence-electron chi connectivity index (χ1n) is 5.36. The Labute approximate surface area is 108 Å². The van der Waals surface area contributed by atoms with Gasteiger partial charge in [0, 0.05) is 12.3 Å². The van der Waals surface area contributed by atoms with Crippen molar-refractivity contribution in [3.8, 4) is 0 Å². The van der Waals surface area contributed by atoms with Gasteiger partial charge in [0.1, 0.15) is 12.1 Å². The summed E-state index contributed by atoms with van der Waals surface area (Å²) in [6.07, 6.45) is 6.63. The molecule has 0 unspecified atom stereocenters. The number of nitrogens with zero attached hydrogens (tertiary/aromatic N) is 1. The number of carbonyl (C=O) groups excluding carboxylic acids is 1. The van der Waals surface area contributed by atoms with Gasteiger partial charge in [0.05, 0.1) is 11.8 Å². The molecule has 0 atom stereocenters. The molecule has 0 spiro atoms. The molecule has 0 saturated carbocycles. The first-order chi connectivity index (χ1) is 9.15. The number of carbonyl (C=O) groups is 2. The second kappa shape index (κ2) is 5.63. The maximum absolute atomic E-state index is 11.7. The van der Waals surface area contributed by atoms with E-state index < -0.39 is 5.97 Å². The Hall–Kier alpha value is -2.89. The summed E-state index contributed by atoms with van der Waals surface area (Å²) in [5, 5.41) is 11.1. The maximum Gasteiger partial charge on any atom is 0.328 e. The van der Waals surface area contributed by atoms with Crippen LogP contribution >= 0.6 is 0 Å². The Morgan fingerprint density at radius 1 is 1.32 bits per heavy atom. The average molecular weight is 258 g/mol. The highest BCUT2D eigenvalue weighted by atomic mass is 16.4. The molecular weight excluding hydrogens is 248 g/mol. The third-order valence-electron chi connectivity index (χ3n) is 2.23. The number of nitrogens with one attached hydrogen (secondary N) is 1. The highest BCUT2D eigenvalue weighted by molar-refractivity contribution is 6.03. The number of hydrogen-bond acceptors (Lipinski definition) is 4. The largest absolute Gasteiger partial charge is 0.478 e. The number of hydrogen-bond donors (Lipinski definition) is 2. The lowest BCUT2D eigenvalue weighted by Gasteiger charge is -2.02. The second-order valence-electron chi connectivity index (χ2n) is 3.61. The lowest BCUT2D eigenvalue weighted by Crippen LogP contribution is -2.11. The van der Waals surface area contributed by atoms with E-state index in [4.69, 9.17) is 9.52 Å². The van der Waals surface area contributed by atoms with Gasteiger partial charge in [0.25, 0.3) is 5.91 Å². The molecule has 0 aliphatic carbocycles. The molecule has 96 valence electrons. The first kappa shape index (κ1) is 12.6. The number of aromatic nitrogens is 1. The molecule has 6 nitrogen and oxygen atoms in total. The Balaban J connectivity index is 2.03. The van der Waals surface area contributed by atoms with Crippen molar-refractivity contribution in [2.45, 2.75) is 0 Å². The van der Waals surface area contributed by atoms with Gasteiger partial charge < -0.3 is 14.8 Å². The fraction of sp³-hybridized carbons (Fsp3) is 0. The molecule has 6 heteroatoms. The fourth-order valence-corrected chi connectivity index (χ4v) is 1.33. The quantitative estimate of drug-likeness (QED) is 0.818. The van der Waals surface area contributed by atoms with E-state index in [2.05, 4.69) is 10.3 Å². The molecular formula is C13H10N2O4. The molecule has 2 rings (SSSR count). The topological polar surface area (TPSA) is 92.4 Å². The molecule has 2 heterocycles. The predicted octanol–water partition coefficient (Wildman–Crippen LogP) is 2.02. The summed E-state index contributed by atoms with van der Waals surface area (Å²) >= 11 is 0. The van der Waals surface area contributed by atoms with Crippen LogP contribution in [0.4, 0.5) is 5.82 Å². The monoisotopic (exact) mass is 258 g/mol. The zero-order valence-electron chi connectivity index (χ0n) is 9.74. The van der Waals surface area contributed by atoms with Crippen LogP contribution in [0.1, 0.15) is 15.9 Å². The van der Waals surface area contributed by atoms with Gasteiger partial charge in [-0.2, -0.15) is 0 Å². The van der Waals surface area contributed by atoms with Crippen molar-refractivity contribution in [2.24, 2.45) is 0 Å². The summed E-state index contributed by atoms with van der Waals surface area (Å²) in [6, 6.07) is 4.77.